The molecule has 76 valence electrons. The highest BCUT2D eigenvalue weighted by molar-refractivity contribution is 5.70. The summed E-state index contributed by atoms with van der Waals surface area (Å²) in [6.45, 7) is 1.79. The quantitative estimate of drug-likeness (QED) is 0.810. The third kappa shape index (κ3) is 3.24. The average Bonchev–Trinajstić information content (AvgIpc) is 2.17. The lowest BCUT2D eigenvalue weighted by Gasteiger charge is -1.97. The normalized spacial score (nSPS) is 10.1. The summed E-state index contributed by atoms with van der Waals surface area (Å²) in [5.74, 6) is -0.871. The van der Waals surface area contributed by atoms with Crippen molar-refractivity contribution in [3.63, 3.8) is 0 Å². The third-order valence-electron chi connectivity index (χ3n) is 1.81. The van der Waals surface area contributed by atoms with E-state index in [1.807, 2.05) is 6.07 Å². The van der Waals surface area contributed by atoms with E-state index < -0.39 is 5.97 Å². The van der Waals surface area contributed by atoms with Crippen LogP contribution >= 0.6 is 0 Å². The van der Waals surface area contributed by atoms with Crippen LogP contribution in [-0.4, -0.2) is 16.1 Å². The van der Waals surface area contributed by atoms with Crippen LogP contribution < -0.4 is 0 Å². The molecule has 0 saturated carbocycles. The largest absolute Gasteiger partial charge is 0.481 e. The molecule has 15 heavy (non-hydrogen) atoms. The van der Waals surface area contributed by atoms with Crippen LogP contribution in [0.1, 0.15) is 23.2 Å². The Hall–Kier alpha value is -2.15. The molecule has 1 rings (SSSR count). The molecule has 1 heterocycles. The Morgan fingerprint density at radius 2 is 2.47 bits per heavy atom. The summed E-state index contributed by atoms with van der Waals surface area (Å²) in [7, 11) is 0. The van der Waals surface area contributed by atoms with Gasteiger partial charge in [0.25, 0.3) is 0 Å². The lowest BCUT2D eigenvalue weighted by molar-refractivity contribution is -0.135. The predicted octanol–water partition coefficient (Wildman–Crippen LogP) is 1.75. The van der Waals surface area contributed by atoms with Crippen LogP contribution in [0, 0.1) is 18.3 Å². The van der Waals surface area contributed by atoms with Crippen molar-refractivity contribution in [2.45, 2.75) is 13.3 Å². The van der Waals surface area contributed by atoms with Gasteiger partial charge in [0.05, 0.1) is 6.42 Å². The van der Waals surface area contributed by atoms with Gasteiger partial charge in [-0.25, -0.2) is 4.98 Å². The summed E-state index contributed by atoms with van der Waals surface area (Å²) in [5.41, 5.74) is 1.98. The second-order valence-corrected chi connectivity index (χ2v) is 3.05. The fourth-order valence-electron chi connectivity index (χ4n) is 1.10. The summed E-state index contributed by atoms with van der Waals surface area (Å²) in [5, 5.41) is 17.1. The molecule has 0 aliphatic rings. The monoisotopic (exact) mass is 202 g/mol. The smallest absolute Gasteiger partial charge is 0.307 e. The highest BCUT2D eigenvalue weighted by atomic mass is 16.4. The molecule has 0 atom stereocenters. The van der Waals surface area contributed by atoms with E-state index in [1.165, 1.54) is 0 Å². The number of nitriles is 1. The number of aliphatic carboxylic acids is 1. The van der Waals surface area contributed by atoms with E-state index in [-0.39, 0.29) is 6.42 Å². The van der Waals surface area contributed by atoms with Crippen molar-refractivity contribution in [1.29, 1.82) is 5.26 Å². The van der Waals surface area contributed by atoms with E-state index in [1.54, 1.807) is 31.3 Å². The Kier molecular flexibility index (Phi) is 3.58. The second kappa shape index (κ2) is 4.91. The lowest BCUT2D eigenvalue weighted by Crippen LogP contribution is -1.91. The molecular weight excluding hydrogens is 192 g/mol. The van der Waals surface area contributed by atoms with E-state index in [9.17, 15) is 4.79 Å². The number of rotatable bonds is 3. The van der Waals surface area contributed by atoms with Gasteiger partial charge in [0.15, 0.2) is 0 Å². The van der Waals surface area contributed by atoms with Crippen LogP contribution in [0.4, 0.5) is 0 Å². The molecule has 0 unspecified atom stereocenters. The fraction of sp³-hybridized carbons (Fsp3) is 0.182. The van der Waals surface area contributed by atoms with Crippen molar-refractivity contribution >= 4 is 12.0 Å². The maximum atomic E-state index is 10.2. The van der Waals surface area contributed by atoms with Crippen molar-refractivity contribution in [1.82, 2.24) is 4.98 Å². The van der Waals surface area contributed by atoms with Gasteiger partial charge < -0.3 is 5.11 Å². The summed E-state index contributed by atoms with van der Waals surface area (Å²) in [6, 6.07) is 3.76. The van der Waals surface area contributed by atoms with Gasteiger partial charge in [-0.15, -0.1) is 0 Å². The van der Waals surface area contributed by atoms with Gasteiger partial charge in [-0.3, -0.25) is 4.79 Å². The predicted molar refractivity (Wildman–Crippen MR) is 55.0 cm³/mol. The first-order valence-corrected chi connectivity index (χ1v) is 4.38. The second-order valence-electron chi connectivity index (χ2n) is 3.05. The van der Waals surface area contributed by atoms with Gasteiger partial charge in [0.2, 0.25) is 0 Å². The zero-order chi connectivity index (χ0) is 11.3. The van der Waals surface area contributed by atoms with Crippen molar-refractivity contribution in [3.05, 3.63) is 35.2 Å². The van der Waals surface area contributed by atoms with Crippen LogP contribution in [0.3, 0.4) is 0 Å². The van der Waals surface area contributed by atoms with E-state index in [0.29, 0.717) is 5.69 Å². The molecule has 0 aliphatic heterocycles. The zero-order valence-corrected chi connectivity index (χ0v) is 8.27. The first-order valence-electron chi connectivity index (χ1n) is 4.38. The molecule has 0 amide bonds. The minimum Gasteiger partial charge on any atom is -0.481 e. The molecular formula is C11H10N2O2. The summed E-state index contributed by atoms with van der Waals surface area (Å²) in [4.78, 5) is 14.2. The van der Waals surface area contributed by atoms with E-state index in [0.717, 1.165) is 11.1 Å². The molecule has 1 aromatic heterocycles. The van der Waals surface area contributed by atoms with Crippen molar-refractivity contribution < 1.29 is 9.90 Å². The molecule has 4 nitrogen and oxygen atoms in total. The van der Waals surface area contributed by atoms with Crippen LogP contribution in [0.15, 0.2) is 18.3 Å². The number of nitrogens with zero attached hydrogens (tertiary/aromatic N) is 2. The molecule has 1 aromatic rings. The van der Waals surface area contributed by atoms with Gasteiger partial charge in [-0.05, 0) is 24.1 Å². The van der Waals surface area contributed by atoms with E-state index in [2.05, 4.69) is 4.98 Å². The number of carboxylic acids is 1. The maximum Gasteiger partial charge on any atom is 0.307 e. The topological polar surface area (TPSA) is 74.0 Å². The van der Waals surface area contributed by atoms with Gasteiger partial charge in [-0.1, -0.05) is 12.2 Å². The highest BCUT2D eigenvalue weighted by Gasteiger charge is 1.98. The molecule has 0 radical (unpaired) electrons. The summed E-state index contributed by atoms with van der Waals surface area (Å²) in [6.07, 6.45) is 4.75. The van der Waals surface area contributed by atoms with Gasteiger partial charge in [-0.2, -0.15) is 5.26 Å². The zero-order valence-electron chi connectivity index (χ0n) is 8.27. The number of carboxylic acid groups (broad SMARTS) is 1. The number of pyridine rings is 1. The minimum atomic E-state index is -0.871. The molecule has 0 aliphatic carbocycles. The van der Waals surface area contributed by atoms with E-state index >= 15 is 0 Å². The Bertz CT molecular complexity index is 444. The lowest BCUT2D eigenvalue weighted by atomic mass is 10.1. The molecule has 0 saturated heterocycles. The number of carbonyl (C=O) groups is 1. The summed E-state index contributed by atoms with van der Waals surface area (Å²) >= 11 is 0. The van der Waals surface area contributed by atoms with Crippen LogP contribution in [0.5, 0.6) is 0 Å². The van der Waals surface area contributed by atoms with Crippen molar-refractivity contribution in [2.75, 3.05) is 0 Å². The average molecular weight is 202 g/mol. The van der Waals surface area contributed by atoms with Gasteiger partial charge in [0.1, 0.15) is 11.8 Å². The van der Waals surface area contributed by atoms with E-state index in [4.69, 9.17) is 10.4 Å². The fourth-order valence-corrected chi connectivity index (χ4v) is 1.10. The Morgan fingerprint density at radius 1 is 1.73 bits per heavy atom. The number of aromatic nitrogens is 1. The standard InChI is InChI=1S/C11H10N2O2/c1-8-5-9(3-2-4-11(14)15)7-13-10(8)6-12/h2-3,5,7H,4H2,1H3,(H,14,15). The van der Waals surface area contributed by atoms with Gasteiger partial charge in [0, 0.05) is 6.20 Å². The highest BCUT2D eigenvalue weighted by Crippen LogP contribution is 2.08. The number of aryl methyl sites for hydroxylation is 1. The number of hydrogen-bond donors (Lipinski definition) is 1. The Morgan fingerprint density at radius 3 is 3.00 bits per heavy atom. The molecule has 0 bridgehead atoms. The SMILES string of the molecule is Cc1cc(C=CCC(=O)O)cnc1C#N. The van der Waals surface area contributed by atoms with Crippen LogP contribution in [0.25, 0.3) is 6.08 Å². The van der Waals surface area contributed by atoms with Crippen molar-refractivity contribution in [3.8, 4) is 6.07 Å². The minimum absolute atomic E-state index is 0.0148. The maximum absolute atomic E-state index is 10.2. The summed E-state index contributed by atoms with van der Waals surface area (Å²) < 4.78 is 0. The molecule has 0 fully saturated rings. The van der Waals surface area contributed by atoms with Crippen LogP contribution in [-0.2, 0) is 4.79 Å². The Balaban J connectivity index is 2.81. The first-order chi connectivity index (χ1) is 7.13. The Labute approximate surface area is 87.5 Å². The number of hydrogen-bond acceptors (Lipinski definition) is 3. The van der Waals surface area contributed by atoms with Crippen LogP contribution in [0.2, 0.25) is 0 Å². The molecule has 1 N–H and O–H groups in total. The van der Waals surface area contributed by atoms with Gasteiger partial charge >= 0.3 is 5.97 Å². The molecule has 4 heteroatoms. The molecule has 0 aromatic carbocycles. The van der Waals surface area contributed by atoms with Crippen molar-refractivity contribution in [2.24, 2.45) is 0 Å². The molecule has 0 spiro atoms. The third-order valence-corrected chi connectivity index (χ3v) is 1.81. The first kappa shape index (κ1) is 10.9.